The summed E-state index contributed by atoms with van der Waals surface area (Å²) in [7, 11) is 0. The van der Waals surface area contributed by atoms with Crippen LogP contribution in [-0.4, -0.2) is 16.0 Å². The predicted octanol–water partition coefficient (Wildman–Crippen LogP) is 2.80. The first-order chi connectivity index (χ1) is 8.16. The zero-order valence-electron chi connectivity index (χ0n) is 8.72. The Balaban J connectivity index is 2.20. The minimum absolute atomic E-state index is 0.0239. The molecule has 0 spiro atoms. The van der Waals surface area contributed by atoms with Gasteiger partial charge in [-0.25, -0.2) is 4.98 Å². The van der Waals surface area contributed by atoms with Gasteiger partial charge < -0.3 is 10.4 Å². The van der Waals surface area contributed by atoms with Crippen LogP contribution < -0.4 is 5.32 Å². The number of aromatic nitrogens is 1. The Hall–Kier alpha value is -1.88. The second kappa shape index (κ2) is 4.97. The van der Waals surface area contributed by atoms with E-state index < -0.39 is 0 Å². The van der Waals surface area contributed by atoms with E-state index in [1.807, 2.05) is 0 Å². The van der Waals surface area contributed by atoms with Crippen molar-refractivity contribution in [3.63, 3.8) is 0 Å². The normalized spacial score (nSPS) is 9.94. The maximum absolute atomic E-state index is 11.8. The molecule has 0 saturated carbocycles. The number of anilines is 1. The number of nitrogens with one attached hydrogen (secondary N) is 1. The lowest BCUT2D eigenvalue weighted by molar-refractivity contribution is 0.102. The fourth-order valence-corrected chi connectivity index (χ4v) is 1.64. The zero-order valence-corrected chi connectivity index (χ0v) is 10.3. The summed E-state index contributed by atoms with van der Waals surface area (Å²) in [4.78, 5) is 15.8. The van der Waals surface area contributed by atoms with E-state index in [9.17, 15) is 9.90 Å². The van der Waals surface area contributed by atoms with Gasteiger partial charge in [0.1, 0.15) is 16.0 Å². The first kappa shape index (κ1) is 11.6. The fraction of sp³-hybridized carbons (Fsp3) is 0. The van der Waals surface area contributed by atoms with Crippen molar-refractivity contribution >= 4 is 27.5 Å². The van der Waals surface area contributed by atoms with Crippen LogP contribution in [0, 0.1) is 0 Å². The minimum atomic E-state index is -0.368. The molecular weight excluding hydrogens is 284 g/mol. The number of phenols is 1. The molecule has 0 unspecified atom stereocenters. The van der Waals surface area contributed by atoms with Crippen LogP contribution in [0.25, 0.3) is 0 Å². The van der Waals surface area contributed by atoms with Crippen molar-refractivity contribution in [3.8, 4) is 5.75 Å². The molecule has 0 radical (unpaired) electrons. The van der Waals surface area contributed by atoms with Crippen molar-refractivity contribution in [2.45, 2.75) is 0 Å². The van der Waals surface area contributed by atoms with Gasteiger partial charge >= 0.3 is 0 Å². The summed E-state index contributed by atoms with van der Waals surface area (Å²) in [6, 6.07) is 11.6. The second-order valence-corrected chi connectivity index (χ2v) is 4.13. The molecule has 1 aromatic heterocycles. The molecule has 0 atom stereocenters. The molecule has 2 rings (SSSR count). The van der Waals surface area contributed by atoms with E-state index in [1.54, 1.807) is 36.4 Å². The average molecular weight is 293 g/mol. The van der Waals surface area contributed by atoms with Gasteiger partial charge in [0.15, 0.2) is 0 Å². The van der Waals surface area contributed by atoms with Gasteiger partial charge in [0.2, 0.25) is 0 Å². The Kier molecular flexibility index (Phi) is 3.39. The topological polar surface area (TPSA) is 62.2 Å². The lowest BCUT2D eigenvalue weighted by atomic mass is 10.2. The summed E-state index contributed by atoms with van der Waals surface area (Å²) < 4.78 is 0.586. The van der Waals surface area contributed by atoms with Crippen molar-refractivity contribution in [2.75, 3.05) is 5.32 Å². The number of pyridine rings is 1. The number of hydrogen-bond donors (Lipinski definition) is 2. The highest BCUT2D eigenvalue weighted by Crippen LogP contribution is 2.22. The molecular formula is C12H9BrN2O2. The maximum Gasteiger partial charge on any atom is 0.274 e. The average Bonchev–Trinajstić information content (AvgIpc) is 2.32. The second-order valence-electron chi connectivity index (χ2n) is 3.32. The van der Waals surface area contributed by atoms with Crippen LogP contribution in [0.1, 0.15) is 10.5 Å². The summed E-state index contributed by atoms with van der Waals surface area (Å²) in [6.07, 6.45) is 0. The third-order valence-corrected chi connectivity index (χ3v) is 2.54. The van der Waals surface area contributed by atoms with Crippen LogP contribution in [0.3, 0.4) is 0 Å². The molecule has 2 N–H and O–H groups in total. The summed E-state index contributed by atoms with van der Waals surface area (Å²) >= 11 is 3.19. The van der Waals surface area contributed by atoms with Gasteiger partial charge in [-0.2, -0.15) is 0 Å². The predicted molar refractivity (Wildman–Crippen MR) is 68.0 cm³/mol. The number of aromatic hydroxyl groups is 1. The highest BCUT2D eigenvalue weighted by atomic mass is 79.9. The van der Waals surface area contributed by atoms with Crippen molar-refractivity contribution in [1.29, 1.82) is 0 Å². The molecule has 86 valence electrons. The van der Waals surface area contributed by atoms with E-state index in [-0.39, 0.29) is 17.4 Å². The van der Waals surface area contributed by atoms with Crippen LogP contribution in [0.15, 0.2) is 47.1 Å². The third-order valence-electron chi connectivity index (χ3n) is 2.10. The van der Waals surface area contributed by atoms with Crippen LogP contribution in [0.4, 0.5) is 5.69 Å². The highest BCUT2D eigenvalue weighted by Gasteiger charge is 2.09. The lowest BCUT2D eigenvalue weighted by Crippen LogP contribution is -2.13. The molecule has 0 saturated heterocycles. The number of phenolic OH excluding ortho intramolecular Hbond substituents is 1. The number of carbonyl (C=O) groups excluding carboxylic acids is 1. The van der Waals surface area contributed by atoms with Gasteiger partial charge in [0, 0.05) is 0 Å². The van der Waals surface area contributed by atoms with Crippen molar-refractivity contribution in [3.05, 3.63) is 52.8 Å². The number of benzene rings is 1. The smallest absolute Gasteiger partial charge is 0.274 e. The van der Waals surface area contributed by atoms with Crippen molar-refractivity contribution in [1.82, 2.24) is 4.98 Å². The van der Waals surface area contributed by atoms with Crippen molar-refractivity contribution < 1.29 is 9.90 Å². The Morgan fingerprint density at radius 3 is 2.65 bits per heavy atom. The van der Waals surface area contributed by atoms with E-state index in [1.165, 1.54) is 6.07 Å². The van der Waals surface area contributed by atoms with Gasteiger partial charge in [-0.3, -0.25) is 4.79 Å². The van der Waals surface area contributed by atoms with Crippen LogP contribution >= 0.6 is 15.9 Å². The lowest BCUT2D eigenvalue weighted by Gasteiger charge is -2.06. The Bertz CT molecular complexity index is 558. The maximum atomic E-state index is 11.8. The number of nitrogens with zero attached hydrogens (tertiary/aromatic N) is 1. The first-order valence-corrected chi connectivity index (χ1v) is 5.68. The molecule has 2 aromatic rings. The Labute approximate surface area is 106 Å². The van der Waals surface area contributed by atoms with E-state index in [0.29, 0.717) is 10.3 Å². The monoisotopic (exact) mass is 292 g/mol. The number of carbonyl (C=O) groups is 1. The zero-order chi connectivity index (χ0) is 12.3. The first-order valence-electron chi connectivity index (χ1n) is 4.89. The standard InChI is InChI=1S/C12H9BrN2O2/c13-11-7-3-5-9(14-11)12(17)15-8-4-1-2-6-10(8)16/h1-7,16H,(H,15,17). The van der Waals surface area contributed by atoms with Gasteiger partial charge in [0.25, 0.3) is 5.91 Å². The number of halogens is 1. The van der Waals surface area contributed by atoms with Gasteiger partial charge in [-0.1, -0.05) is 18.2 Å². The van der Waals surface area contributed by atoms with Gasteiger partial charge in [-0.05, 0) is 40.2 Å². The summed E-state index contributed by atoms with van der Waals surface area (Å²) in [6.45, 7) is 0. The molecule has 1 aromatic carbocycles. The molecule has 4 nitrogen and oxygen atoms in total. The molecule has 0 aliphatic rings. The van der Waals surface area contributed by atoms with Gasteiger partial charge in [0.05, 0.1) is 5.69 Å². The number of rotatable bonds is 2. The quantitative estimate of drug-likeness (QED) is 0.661. The molecule has 1 amide bonds. The molecule has 1 heterocycles. The van der Waals surface area contributed by atoms with Crippen molar-refractivity contribution in [2.24, 2.45) is 0 Å². The molecule has 0 aliphatic heterocycles. The minimum Gasteiger partial charge on any atom is -0.506 e. The number of amides is 1. The fourth-order valence-electron chi connectivity index (χ4n) is 1.30. The summed E-state index contributed by atoms with van der Waals surface area (Å²) in [5, 5.41) is 12.1. The summed E-state index contributed by atoms with van der Waals surface area (Å²) in [5.41, 5.74) is 0.641. The third kappa shape index (κ3) is 2.82. The molecule has 0 aliphatic carbocycles. The summed E-state index contributed by atoms with van der Waals surface area (Å²) in [5.74, 6) is -0.344. The molecule has 0 fully saturated rings. The van der Waals surface area contributed by atoms with E-state index >= 15 is 0 Å². The molecule has 17 heavy (non-hydrogen) atoms. The van der Waals surface area contributed by atoms with Crippen LogP contribution in [0.2, 0.25) is 0 Å². The number of para-hydroxylation sites is 2. The van der Waals surface area contributed by atoms with E-state index in [2.05, 4.69) is 26.2 Å². The van der Waals surface area contributed by atoms with E-state index in [0.717, 1.165) is 0 Å². The molecule has 5 heteroatoms. The highest BCUT2D eigenvalue weighted by molar-refractivity contribution is 9.10. The van der Waals surface area contributed by atoms with E-state index in [4.69, 9.17) is 0 Å². The largest absolute Gasteiger partial charge is 0.506 e. The molecule has 0 bridgehead atoms. The Morgan fingerprint density at radius 2 is 1.94 bits per heavy atom. The van der Waals surface area contributed by atoms with Gasteiger partial charge in [-0.15, -0.1) is 0 Å². The van der Waals surface area contributed by atoms with Crippen LogP contribution in [0.5, 0.6) is 5.75 Å². The van der Waals surface area contributed by atoms with Crippen LogP contribution in [-0.2, 0) is 0 Å². The number of hydrogen-bond acceptors (Lipinski definition) is 3. The SMILES string of the molecule is O=C(Nc1ccccc1O)c1cccc(Br)n1. The Morgan fingerprint density at radius 1 is 1.18 bits per heavy atom.